The van der Waals surface area contributed by atoms with Gasteiger partial charge in [0.2, 0.25) is 0 Å². The van der Waals surface area contributed by atoms with E-state index in [1.807, 2.05) is 60.5 Å². The number of benzene rings is 3. The molecule has 3 unspecified atom stereocenters. The minimum Gasteiger partial charge on any atom is -0.357 e. The monoisotopic (exact) mass is 433 g/mol. The van der Waals surface area contributed by atoms with Gasteiger partial charge in [0, 0.05) is 17.7 Å². The predicted molar refractivity (Wildman–Crippen MR) is 122 cm³/mol. The number of carbonyl (C=O) groups excluding carboxylic acids is 1. The van der Waals surface area contributed by atoms with Gasteiger partial charge in [-0.3, -0.25) is 4.79 Å². The molecular weight excluding hydrogens is 413 g/mol. The van der Waals surface area contributed by atoms with Crippen molar-refractivity contribution in [2.75, 3.05) is 0 Å². The molecule has 0 bridgehead atoms. The maximum absolute atomic E-state index is 13.9. The van der Waals surface area contributed by atoms with Crippen molar-refractivity contribution >= 4 is 11.9 Å². The van der Waals surface area contributed by atoms with Gasteiger partial charge >= 0.3 is 0 Å². The van der Waals surface area contributed by atoms with E-state index in [0.29, 0.717) is 11.1 Å². The molecule has 3 aromatic carbocycles. The number of nitriles is 2. The van der Waals surface area contributed by atoms with Gasteiger partial charge in [0.15, 0.2) is 11.2 Å². The molecule has 0 spiro atoms. The molecule has 160 valence electrons. The van der Waals surface area contributed by atoms with Crippen LogP contribution in [0.3, 0.4) is 0 Å². The number of ketones is 1. The van der Waals surface area contributed by atoms with Gasteiger partial charge in [-0.2, -0.15) is 10.5 Å². The highest BCUT2D eigenvalue weighted by molar-refractivity contribution is 6.01. The number of halogens is 1. The Morgan fingerprint density at radius 2 is 1.64 bits per heavy atom. The summed E-state index contributed by atoms with van der Waals surface area (Å²) in [4.78, 5) is 15.8. The molecule has 2 aliphatic heterocycles. The average Bonchev–Trinajstić information content (AvgIpc) is 3.15. The molecule has 0 radical (unpaired) electrons. The van der Waals surface area contributed by atoms with Gasteiger partial charge in [0.1, 0.15) is 11.9 Å². The third-order valence-corrected chi connectivity index (χ3v) is 6.78. The molecule has 1 fully saturated rings. The quantitative estimate of drug-likeness (QED) is 0.508. The zero-order valence-corrected chi connectivity index (χ0v) is 17.9. The standard InChI is InChI=1S/C28H20FN3O/c1-18-6-8-21(9-7-18)26(33)25-24(20-10-12-22(29)13-11-20)28(16-30,17-31)27-23-5-3-2-4-19(23)14-15-32(25)27/h2-15,24-25,27H,1H3. The van der Waals surface area contributed by atoms with Crippen LogP contribution in [0.15, 0.2) is 79.0 Å². The molecule has 5 rings (SSSR count). The Balaban J connectivity index is 1.76. The third kappa shape index (κ3) is 3.05. The first kappa shape index (κ1) is 20.7. The minimum absolute atomic E-state index is 0.175. The summed E-state index contributed by atoms with van der Waals surface area (Å²) in [6.07, 6.45) is 3.73. The molecule has 33 heavy (non-hydrogen) atoms. The average molecular weight is 433 g/mol. The van der Waals surface area contributed by atoms with Crippen LogP contribution >= 0.6 is 0 Å². The molecule has 3 aromatic rings. The zero-order valence-electron chi connectivity index (χ0n) is 17.9. The lowest BCUT2D eigenvalue weighted by molar-refractivity contribution is 0.0874. The second-order valence-corrected chi connectivity index (χ2v) is 8.59. The second kappa shape index (κ2) is 7.73. The van der Waals surface area contributed by atoms with Crippen LogP contribution in [0.1, 0.15) is 44.6 Å². The first-order valence-electron chi connectivity index (χ1n) is 10.7. The second-order valence-electron chi connectivity index (χ2n) is 8.59. The van der Waals surface area contributed by atoms with Crippen molar-refractivity contribution in [3.63, 3.8) is 0 Å². The largest absolute Gasteiger partial charge is 0.357 e. The van der Waals surface area contributed by atoms with Gasteiger partial charge in [0.05, 0.1) is 18.2 Å². The molecule has 3 atom stereocenters. The molecular formula is C28H20FN3O. The number of hydrogen-bond donors (Lipinski definition) is 0. The summed E-state index contributed by atoms with van der Waals surface area (Å²) in [5, 5.41) is 20.9. The lowest BCUT2D eigenvalue weighted by atomic mass is 9.67. The van der Waals surface area contributed by atoms with Crippen molar-refractivity contribution < 1.29 is 9.18 Å². The van der Waals surface area contributed by atoms with Crippen LogP contribution in [0.4, 0.5) is 4.39 Å². The van der Waals surface area contributed by atoms with Crippen molar-refractivity contribution in [2.45, 2.75) is 24.9 Å². The highest BCUT2D eigenvalue weighted by Gasteiger charge is 2.63. The highest BCUT2D eigenvalue weighted by atomic mass is 19.1. The van der Waals surface area contributed by atoms with Gasteiger partial charge in [-0.1, -0.05) is 66.2 Å². The van der Waals surface area contributed by atoms with Gasteiger partial charge in [-0.05, 0) is 41.8 Å². The van der Waals surface area contributed by atoms with Crippen molar-refractivity contribution in [1.29, 1.82) is 10.5 Å². The maximum Gasteiger partial charge on any atom is 0.185 e. The summed E-state index contributed by atoms with van der Waals surface area (Å²) in [6, 6.07) is 23.8. The maximum atomic E-state index is 13.9. The van der Waals surface area contributed by atoms with Crippen LogP contribution in [-0.4, -0.2) is 16.7 Å². The van der Waals surface area contributed by atoms with Crippen molar-refractivity contribution in [2.24, 2.45) is 5.41 Å². The fourth-order valence-electron chi connectivity index (χ4n) is 5.23. The van der Waals surface area contributed by atoms with E-state index in [9.17, 15) is 19.7 Å². The summed E-state index contributed by atoms with van der Waals surface area (Å²) in [5.41, 5.74) is 2.31. The van der Waals surface area contributed by atoms with Gasteiger partial charge in [0.25, 0.3) is 0 Å². The molecule has 0 aromatic heterocycles. The Morgan fingerprint density at radius 1 is 0.970 bits per heavy atom. The summed E-state index contributed by atoms with van der Waals surface area (Å²) in [5.74, 6) is -1.37. The Hall–Kier alpha value is -4.22. The van der Waals surface area contributed by atoms with E-state index in [2.05, 4.69) is 12.1 Å². The van der Waals surface area contributed by atoms with Crippen LogP contribution in [-0.2, 0) is 0 Å². The fraction of sp³-hybridized carbons (Fsp3) is 0.179. The van der Waals surface area contributed by atoms with E-state index in [4.69, 9.17) is 0 Å². The van der Waals surface area contributed by atoms with E-state index in [0.717, 1.165) is 16.7 Å². The number of carbonyl (C=O) groups is 1. The molecule has 2 heterocycles. The third-order valence-electron chi connectivity index (χ3n) is 6.78. The summed E-state index contributed by atoms with van der Waals surface area (Å²) >= 11 is 0. The van der Waals surface area contributed by atoms with E-state index >= 15 is 0 Å². The fourth-order valence-corrected chi connectivity index (χ4v) is 5.23. The number of aryl methyl sites for hydroxylation is 1. The Bertz CT molecular complexity index is 1330. The molecule has 4 nitrogen and oxygen atoms in total. The number of nitrogens with zero attached hydrogens (tertiary/aromatic N) is 3. The van der Waals surface area contributed by atoms with Crippen LogP contribution in [0.25, 0.3) is 6.08 Å². The Labute approximate surface area is 191 Å². The summed E-state index contributed by atoms with van der Waals surface area (Å²) < 4.78 is 13.8. The minimum atomic E-state index is -1.55. The van der Waals surface area contributed by atoms with Crippen molar-refractivity contribution in [3.05, 3.63) is 113 Å². The molecule has 5 heteroatoms. The van der Waals surface area contributed by atoms with Crippen LogP contribution < -0.4 is 0 Å². The van der Waals surface area contributed by atoms with E-state index in [1.54, 1.807) is 24.3 Å². The number of hydrogen-bond acceptors (Lipinski definition) is 4. The molecule has 0 amide bonds. The predicted octanol–water partition coefficient (Wildman–Crippen LogP) is 5.54. The molecule has 2 aliphatic rings. The van der Waals surface area contributed by atoms with Crippen LogP contribution in [0.2, 0.25) is 0 Å². The Morgan fingerprint density at radius 3 is 2.30 bits per heavy atom. The number of Topliss-reactive ketones (excluding diaryl/α,β-unsaturated/α-hetero) is 1. The van der Waals surface area contributed by atoms with E-state index in [1.165, 1.54) is 12.1 Å². The normalized spacial score (nSPS) is 22.1. The van der Waals surface area contributed by atoms with Gasteiger partial charge in [-0.15, -0.1) is 0 Å². The van der Waals surface area contributed by atoms with Crippen LogP contribution in [0, 0.1) is 40.8 Å². The molecule has 0 N–H and O–H groups in total. The first-order chi connectivity index (χ1) is 16.0. The van der Waals surface area contributed by atoms with E-state index < -0.39 is 29.2 Å². The lowest BCUT2D eigenvalue weighted by Crippen LogP contribution is -2.37. The van der Waals surface area contributed by atoms with Gasteiger partial charge < -0.3 is 4.90 Å². The smallest absolute Gasteiger partial charge is 0.185 e. The molecule has 0 aliphatic carbocycles. The molecule has 0 saturated carbocycles. The molecule has 1 saturated heterocycles. The Kier molecular flexibility index (Phi) is 4.84. The first-order valence-corrected chi connectivity index (χ1v) is 10.7. The van der Waals surface area contributed by atoms with Gasteiger partial charge in [-0.25, -0.2) is 4.39 Å². The zero-order chi connectivity index (χ0) is 23.2. The highest BCUT2D eigenvalue weighted by Crippen LogP contribution is 2.60. The number of rotatable bonds is 3. The number of fused-ring (bicyclic) bond motifs is 3. The summed E-state index contributed by atoms with van der Waals surface area (Å²) in [6.45, 7) is 1.95. The lowest BCUT2D eigenvalue weighted by Gasteiger charge is -2.34. The topological polar surface area (TPSA) is 67.9 Å². The van der Waals surface area contributed by atoms with E-state index in [-0.39, 0.29) is 5.78 Å². The van der Waals surface area contributed by atoms with Crippen molar-refractivity contribution in [1.82, 2.24) is 4.90 Å². The SMILES string of the molecule is Cc1ccc(C(=O)C2C(c3ccc(F)cc3)C(C#N)(C#N)C3c4ccccc4C=CN23)cc1. The van der Waals surface area contributed by atoms with Crippen molar-refractivity contribution in [3.8, 4) is 12.1 Å². The summed E-state index contributed by atoms with van der Waals surface area (Å²) in [7, 11) is 0. The van der Waals surface area contributed by atoms with Crippen LogP contribution in [0.5, 0.6) is 0 Å².